The summed E-state index contributed by atoms with van der Waals surface area (Å²) >= 11 is 0. The molecule has 6 heteroatoms. The van der Waals surface area contributed by atoms with Crippen molar-refractivity contribution in [3.8, 4) is 0 Å². The zero-order chi connectivity index (χ0) is 14.6. The number of aliphatic carboxylic acids is 1. The summed E-state index contributed by atoms with van der Waals surface area (Å²) in [4.78, 5) is 36.4. The molecule has 3 atom stereocenters. The van der Waals surface area contributed by atoms with Gasteiger partial charge in [-0.05, 0) is 12.8 Å². The van der Waals surface area contributed by atoms with Gasteiger partial charge in [-0.25, -0.2) is 4.79 Å². The minimum Gasteiger partial charge on any atom is -0.480 e. The third-order valence-corrected chi connectivity index (χ3v) is 3.74. The number of carboxylic acid groups (broad SMARTS) is 1. The highest BCUT2D eigenvalue weighted by atomic mass is 16.4. The number of nitrogens with one attached hydrogen (secondary N) is 1. The van der Waals surface area contributed by atoms with Gasteiger partial charge in [-0.2, -0.15) is 0 Å². The van der Waals surface area contributed by atoms with Gasteiger partial charge in [0.2, 0.25) is 11.8 Å². The molecule has 0 bridgehead atoms. The Morgan fingerprint density at radius 3 is 2.53 bits per heavy atom. The fourth-order valence-corrected chi connectivity index (χ4v) is 2.21. The standard InChI is InChI=1S/C13H22N2O4/c1-4-8(3)11(13(18)19)14-12(17)9-6-10(16)15(5-2)7-9/h8-9,11H,4-7H2,1-3H3,(H,14,17)(H,18,19)/t8-,9?,11-/m0/s1. The van der Waals surface area contributed by atoms with Crippen LogP contribution in [0.25, 0.3) is 0 Å². The number of hydrogen-bond donors (Lipinski definition) is 2. The minimum atomic E-state index is -1.03. The quantitative estimate of drug-likeness (QED) is 0.734. The highest BCUT2D eigenvalue weighted by Crippen LogP contribution is 2.18. The first kappa shape index (κ1) is 15.5. The van der Waals surface area contributed by atoms with Gasteiger partial charge in [-0.15, -0.1) is 0 Å². The number of carbonyl (C=O) groups excluding carboxylic acids is 2. The van der Waals surface area contributed by atoms with Gasteiger partial charge in [-0.3, -0.25) is 9.59 Å². The first-order valence-corrected chi connectivity index (χ1v) is 6.71. The predicted molar refractivity (Wildman–Crippen MR) is 69.4 cm³/mol. The van der Waals surface area contributed by atoms with Crippen LogP contribution in [-0.4, -0.2) is 46.9 Å². The fourth-order valence-electron chi connectivity index (χ4n) is 2.21. The molecule has 0 aromatic rings. The molecule has 19 heavy (non-hydrogen) atoms. The lowest BCUT2D eigenvalue weighted by atomic mass is 9.98. The Morgan fingerprint density at radius 2 is 2.11 bits per heavy atom. The van der Waals surface area contributed by atoms with E-state index in [-0.39, 0.29) is 24.2 Å². The monoisotopic (exact) mass is 270 g/mol. The summed E-state index contributed by atoms with van der Waals surface area (Å²) in [6.45, 7) is 6.49. The van der Waals surface area contributed by atoms with Crippen LogP contribution in [0.3, 0.4) is 0 Å². The van der Waals surface area contributed by atoms with Crippen molar-refractivity contribution in [3.05, 3.63) is 0 Å². The molecule has 108 valence electrons. The summed E-state index contributed by atoms with van der Waals surface area (Å²) in [5.41, 5.74) is 0. The van der Waals surface area contributed by atoms with Gasteiger partial charge in [-0.1, -0.05) is 20.3 Å². The number of likely N-dealkylation sites (tertiary alicyclic amines) is 1. The van der Waals surface area contributed by atoms with Crippen molar-refractivity contribution in [2.45, 2.75) is 39.7 Å². The Hall–Kier alpha value is -1.59. The lowest BCUT2D eigenvalue weighted by molar-refractivity contribution is -0.143. The van der Waals surface area contributed by atoms with Crippen molar-refractivity contribution in [1.82, 2.24) is 10.2 Å². The van der Waals surface area contributed by atoms with E-state index in [0.717, 1.165) is 0 Å². The van der Waals surface area contributed by atoms with Gasteiger partial charge >= 0.3 is 5.97 Å². The lowest BCUT2D eigenvalue weighted by Gasteiger charge is -2.22. The van der Waals surface area contributed by atoms with Crippen molar-refractivity contribution in [2.24, 2.45) is 11.8 Å². The van der Waals surface area contributed by atoms with Crippen molar-refractivity contribution in [1.29, 1.82) is 0 Å². The van der Waals surface area contributed by atoms with Crippen LogP contribution in [0.1, 0.15) is 33.6 Å². The van der Waals surface area contributed by atoms with E-state index in [9.17, 15) is 14.4 Å². The van der Waals surface area contributed by atoms with Crippen LogP contribution >= 0.6 is 0 Å². The molecule has 2 N–H and O–H groups in total. The smallest absolute Gasteiger partial charge is 0.326 e. The van der Waals surface area contributed by atoms with Crippen molar-refractivity contribution in [2.75, 3.05) is 13.1 Å². The summed E-state index contributed by atoms with van der Waals surface area (Å²) in [6, 6.07) is -0.886. The highest BCUT2D eigenvalue weighted by molar-refractivity contribution is 5.91. The molecule has 2 amide bonds. The van der Waals surface area contributed by atoms with Gasteiger partial charge in [0.05, 0.1) is 5.92 Å². The Balaban J connectivity index is 2.63. The van der Waals surface area contributed by atoms with Crippen LogP contribution in [0, 0.1) is 11.8 Å². The molecular formula is C13H22N2O4. The second-order valence-electron chi connectivity index (χ2n) is 5.04. The molecule has 1 rings (SSSR count). The second-order valence-corrected chi connectivity index (χ2v) is 5.04. The molecule has 0 radical (unpaired) electrons. The van der Waals surface area contributed by atoms with Gasteiger partial charge in [0, 0.05) is 19.5 Å². The number of amides is 2. The van der Waals surface area contributed by atoms with Crippen LogP contribution in [0.5, 0.6) is 0 Å². The van der Waals surface area contributed by atoms with Gasteiger partial charge in [0.1, 0.15) is 6.04 Å². The van der Waals surface area contributed by atoms with E-state index in [1.54, 1.807) is 11.8 Å². The maximum atomic E-state index is 12.0. The van der Waals surface area contributed by atoms with E-state index < -0.39 is 17.9 Å². The maximum Gasteiger partial charge on any atom is 0.326 e. The average Bonchev–Trinajstić information content (AvgIpc) is 2.75. The van der Waals surface area contributed by atoms with Crippen molar-refractivity contribution < 1.29 is 19.5 Å². The van der Waals surface area contributed by atoms with E-state index in [1.165, 1.54) is 0 Å². The molecule has 0 spiro atoms. The average molecular weight is 270 g/mol. The molecule has 1 unspecified atom stereocenters. The summed E-state index contributed by atoms with van der Waals surface area (Å²) in [5, 5.41) is 11.7. The molecule has 1 aliphatic heterocycles. The third-order valence-electron chi connectivity index (χ3n) is 3.74. The Morgan fingerprint density at radius 1 is 1.47 bits per heavy atom. The molecule has 0 aromatic carbocycles. The zero-order valence-electron chi connectivity index (χ0n) is 11.7. The second kappa shape index (κ2) is 6.54. The number of hydrogen-bond acceptors (Lipinski definition) is 3. The first-order valence-electron chi connectivity index (χ1n) is 6.71. The van der Waals surface area contributed by atoms with Gasteiger partial charge in [0.15, 0.2) is 0 Å². The lowest BCUT2D eigenvalue weighted by Crippen LogP contribution is -2.47. The van der Waals surface area contributed by atoms with Crippen LogP contribution < -0.4 is 5.32 Å². The van der Waals surface area contributed by atoms with Crippen molar-refractivity contribution in [3.63, 3.8) is 0 Å². The maximum absolute atomic E-state index is 12.0. The number of rotatable bonds is 6. The molecule has 1 fully saturated rings. The summed E-state index contributed by atoms with van der Waals surface area (Å²) in [5.74, 6) is -1.98. The fraction of sp³-hybridized carbons (Fsp3) is 0.769. The van der Waals surface area contributed by atoms with Crippen LogP contribution in [-0.2, 0) is 14.4 Å². The summed E-state index contributed by atoms with van der Waals surface area (Å²) in [6.07, 6.45) is 0.842. The third kappa shape index (κ3) is 3.68. The van der Waals surface area contributed by atoms with Crippen LogP contribution in [0.4, 0.5) is 0 Å². The molecular weight excluding hydrogens is 248 g/mol. The molecule has 1 aliphatic rings. The number of carboxylic acids is 1. The van der Waals surface area contributed by atoms with Gasteiger partial charge < -0.3 is 15.3 Å². The topological polar surface area (TPSA) is 86.7 Å². The molecule has 0 saturated carbocycles. The molecule has 0 aromatic heterocycles. The number of nitrogens with zero attached hydrogens (tertiary/aromatic N) is 1. The van der Waals surface area contributed by atoms with Crippen molar-refractivity contribution >= 4 is 17.8 Å². The van der Waals surface area contributed by atoms with Gasteiger partial charge in [0.25, 0.3) is 0 Å². The number of carbonyl (C=O) groups is 3. The molecule has 6 nitrogen and oxygen atoms in total. The summed E-state index contributed by atoms with van der Waals surface area (Å²) < 4.78 is 0. The Kier molecular flexibility index (Phi) is 5.32. The SMILES string of the molecule is CC[C@H](C)[C@H](NC(=O)C1CC(=O)N(CC)C1)C(=O)O. The Labute approximate surface area is 113 Å². The van der Waals surface area contributed by atoms with E-state index >= 15 is 0 Å². The van der Waals surface area contributed by atoms with E-state index in [4.69, 9.17) is 5.11 Å². The highest BCUT2D eigenvalue weighted by Gasteiger charge is 2.35. The summed E-state index contributed by atoms with van der Waals surface area (Å²) in [7, 11) is 0. The normalized spacial score (nSPS) is 22.2. The first-order chi connectivity index (χ1) is 8.90. The van der Waals surface area contributed by atoms with E-state index in [2.05, 4.69) is 5.32 Å². The predicted octanol–water partition coefficient (Wildman–Crippen LogP) is 0.470. The van der Waals surface area contributed by atoms with E-state index in [0.29, 0.717) is 19.5 Å². The Bertz CT molecular complexity index is 370. The zero-order valence-corrected chi connectivity index (χ0v) is 11.7. The largest absolute Gasteiger partial charge is 0.480 e. The van der Waals surface area contributed by atoms with Crippen LogP contribution in [0.15, 0.2) is 0 Å². The molecule has 1 heterocycles. The van der Waals surface area contributed by atoms with E-state index in [1.807, 2.05) is 13.8 Å². The molecule has 0 aliphatic carbocycles. The minimum absolute atomic E-state index is 0.0435. The van der Waals surface area contributed by atoms with Crippen LogP contribution in [0.2, 0.25) is 0 Å². The molecule has 1 saturated heterocycles.